The molecule has 1 aromatic heterocycles. The lowest BCUT2D eigenvalue weighted by Crippen LogP contribution is -2.42. The van der Waals surface area contributed by atoms with E-state index in [9.17, 15) is 14.7 Å². The largest absolute Gasteiger partial charge is 0.480 e. The first-order valence-electron chi connectivity index (χ1n) is 6.14. The van der Waals surface area contributed by atoms with Crippen molar-refractivity contribution in [2.24, 2.45) is 0 Å². The fourth-order valence-corrected chi connectivity index (χ4v) is 1.79. The molecule has 0 spiro atoms. The number of aliphatic carboxylic acids is 1. The zero-order chi connectivity index (χ0) is 14.4. The number of amides is 1. The number of nitrogens with one attached hydrogen (secondary N) is 1. The Balaban J connectivity index is 2.07. The SMILES string of the molecule is O=C(N[C@H](Cc1ccccc1)C(=O)O)c1cccnc1. The maximum atomic E-state index is 11.9. The van der Waals surface area contributed by atoms with Crippen LogP contribution in [0.15, 0.2) is 54.9 Å². The maximum Gasteiger partial charge on any atom is 0.326 e. The third-order valence-electron chi connectivity index (χ3n) is 2.81. The van der Waals surface area contributed by atoms with Crippen LogP contribution in [0.2, 0.25) is 0 Å². The summed E-state index contributed by atoms with van der Waals surface area (Å²) in [5, 5.41) is 11.7. The minimum atomic E-state index is -1.06. The van der Waals surface area contributed by atoms with Gasteiger partial charge in [0, 0.05) is 18.8 Å². The molecule has 0 radical (unpaired) electrons. The molecule has 20 heavy (non-hydrogen) atoms. The van der Waals surface area contributed by atoms with Gasteiger partial charge in [-0.1, -0.05) is 30.3 Å². The van der Waals surface area contributed by atoms with Crippen LogP contribution >= 0.6 is 0 Å². The summed E-state index contributed by atoms with van der Waals surface area (Å²) in [6, 6.07) is 11.4. The molecule has 0 unspecified atom stereocenters. The van der Waals surface area contributed by atoms with Crippen LogP contribution in [-0.4, -0.2) is 28.0 Å². The zero-order valence-corrected chi connectivity index (χ0v) is 10.7. The van der Waals surface area contributed by atoms with Crippen molar-refractivity contribution in [3.63, 3.8) is 0 Å². The molecule has 0 bridgehead atoms. The molecule has 2 rings (SSSR count). The molecule has 0 saturated heterocycles. The highest BCUT2D eigenvalue weighted by molar-refractivity contribution is 5.96. The van der Waals surface area contributed by atoms with E-state index in [0.29, 0.717) is 5.56 Å². The number of carboxylic acids is 1. The van der Waals surface area contributed by atoms with Crippen LogP contribution in [0.3, 0.4) is 0 Å². The predicted molar refractivity (Wildman–Crippen MR) is 73.3 cm³/mol. The van der Waals surface area contributed by atoms with Crippen LogP contribution in [0.5, 0.6) is 0 Å². The van der Waals surface area contributed by atoms with Crippen LogP contribution in [0.4, 0.5) is 0 Å². The van der Waals surface area contributed by atoms with Gasteiger partial charge in [-0.3, -0.25) is 9.78 Å². The van der Waals surface area contributed by atoms with Gasteiger partial charge < -0.3 is 10.4 Å². The number of hydrogen-bond donors (Lipinski definition) is 2. The highest BCUT2D eigenvalue weighted by Gasteiger charge is 2.21. The summed E-state index contributed by atoms with van der Waals surface area (Å²) in [5.41, 5.74) is 1.19. The topological polar surface area (TPSA) is 79.3 Å². The molecule has 0 saturated carbocycles. The van der Waals surface area contributed by atoms with Crippen molar-refractivity contribution in [2.45, 2.75) is 12.5 Å². The van der Waals surface area contributed by atoms with Gasteiger partial charge in [0.15, 0.2) is 0 Å². The number of carbonyl (C=O) groups is 2. The number of pyridine rings is 1. The van der Waals surface area contributed by atoms with Gasteiger partial charge in [-0.2, -0.15) is 0 Å². The minimum Gasteiger partial charge on any atom is -0.480 e. The number of carbonyl (C=O) groups excluding carboxylic acids is 1. The van der Waals surface area contributed by atoms with Gasteiger partial charge in [0.1, 0.15) is 6.04 Å². The molecule has 1 amide bonds. The molecule has 0 aliphatic rings. The Morgan fingerprint density at radius 2 is 1.90 bits per heavy atom. The molecule has 2 aromatic rings. The highest BCUT2D eigenvalue weighted by Crippen LogP contribution is 2.05. The Hall–Kier alpha value is -2.69. The molecule has 0 aliphatic carbocycles. The molecule has 5 nitrogen and oxygen atoms in total. The number of nitrogens with zero attached hydrogens (tertiary/aromatic N) is 1. The lowest BCUT2D eigenvalue weighted by atomic mass is 10.1. The summed E-state index contributed by atoms with van der Waals surface area (Å²) in [4.78, 5) is 27.0. The van der Waals surface area contributed by atoms with E-state index in [1.165, 1.54) is 6.20 Å². The first kappa shape index (κ1) is 13.7. The van der Waals surface area contributed by atoms with E-state index in [1.54, 1.807) is 18.3 Å². The minimum absolute atomic E-state index is 0.238. The van der Waals surface area contributed by atoms with Crippen molar-refractivity contribution >= 4 is 11.9 Å². The molecule has 0 fully saturated rings. The predicted octanol–water partition coefficient (Wildman–Crippen LogP) is 1.51. The van der Waals surface area contributed by atoms with E-state index in [4.69, 9.17) is 0 Å². The fraction of sp³-hybridized carbons (Fsp3) is 0.133. The zero-order valence-electron chi connectivity index (χ0n) is 10.7. The van der Waals surface area contributed by atoms with Gasteiger partial charge in [-0.05, 0) is 17.7 Å². The van der Waals surface area contributed by atoms with Gasteiger partial charge in [-0.15, -0.1) is 0 Å². The number of benzene rings is 1. The molecule has 1 aromatic carbocycles. The normalized spacial score (nSPS) is 11.6. The van der Waals surface area contributed by atoms with E-state index in [-0.39, 0.29) is 6.42 Å². The van der Waals surface area contributed by atoms with Crippen molar-refractivity contribution in [1.29, 1.82) is 0 Å². The van der Waals surface area contributed by atoms with Crippen LogP contribution in [0.1, 0.15) is 15.9 Å². The molecule has 1 atom stereocenters. The smallest absolute Gasteiger partial charge is 0.326 e. The first-order chi connectivity index (χ1) is 9.66. The van der Waals surface area contributed by atoms with Crippen molar-refractivity contribution < 1.29 is 14.7 Å². The number of hydrogen-bond acceptors (Lipinski definition) is 3. The Labute approximate surface area is 116 Å². The van der Waals surface area contributed by atoms with Crippen LogP contribution < -0.4 is 5.32 Å². The third-order valence-corrected chi connectivity index (χ3v) is 2.81. The van der Waals surface area contributed by atoms with Crippen LogP contribution in [0, 0.1) is 0 Å². The van der Waals surface area contributed by atoms with E-state index in [2.05, 4.69) is 10.3 Å². The second-order valence-electron chi connectivity index (χ2n) is 4.30. The average Bonchev–Trinajstić information content (AvgIpc) is 2.48. The summed E-state index contributed by atoms with van der Waals surface area (Å²) in [7, 11) is 0. The Morgan fingerprint density at radius 3 is 2.50 bits per heavy atom. The number of carboxylic acid groups (broad SMARTS) is 1. The summed E-state index contributed by atoms with van der Waals surface area (Å²) < 4.78 is 0. The quantitative estimate of drug-likeness (QED) is 0.863. The summed E-state index contributed by atoms with van der Waals surface area (Å²) in [6.45, 7) is 0. The van der Waals surface area contributed by atoms with Crippen LogP contribution in [-0.2, 0) is 11.2 Å². The van der Waals surface area contributed by atoms with E-state index in [1.807, 2.05) is 30.3 Å². The number of aromatic nitrogens is 1. The Bertz CT molecular complexity index is 585. The average molecular weight is 270 g/mol. The van der Waals surface area contributed by atoms with Gasteiger partial charge in [0.25, 0.3) is 5.91 Å². The fourth-order valence-electron chi connectivity index (χ4n) is 1.79. The molecule has 2 N–H and O–H groups in total. The van der Waals surface area contributed by atoms with Crippen molar-refractivity contribution in [3.8, 4) is 0 Å². The Morgan fingerprint density at radius 1 is 1.15 bits per heavy atom. The summed E-state index contributed by atoms with van der Waals surface area (Å²) in [6.07, 6.45) is 3.19. The highest BCUT2D eigenvalue weighted by atomic mass is 16.4. The van der Waals surface area contributed by atoms with Crippen molar-refractivity contribution in [2.75, 3.05) is 0 Å². The molecule has 5 heteroatoms. The van der Waals surface area contributed by atoms with Gasteiger partial charge in [0.2, 0.25) is 0 Å². The van der Waals surface area contributed by atoms with E-state index in [0.717, 1.165) is 5.56 Å². The molecule has 102 valence electrons. The van der Waals surface area contributed by atoms with E-state index >= 15 is 0 Å². The maximum absolute atomic E-state index is 11.9. The lowest BCUT2D eigenvalue weighted by molar-refractivity contribution is -0.139. The molecule has 1 heterocycles. The standard InChI is InChI=1S/C15H14N2O3/c18-14(12-7-4-8-16-10-12)17-13(15(19)20)9-11-5-2-1-3-6-11/h1-8,10,13H,9H2,(H,17,18)(H,19,20)/t13-/m1/s1. The second-order valence-corrected chi connectivity index (χ2v) is 4.30. The van der Waals surface area contributed by atoms with E-state index < -0.39 is 17.9 Å². The summed E-state index contributed by atoms with van der Waals surface area (Å²) >= 11 is 0. The number of rotatable bonds is 5. The van der Waals surface area contributed by atoms with Gasteiger partial charge >= 0.3 is 5.97 Å². The van der Waals surface area contributed by atoms with Gasteiger partial charge in [-0.25, -0.2) is 4.79 Å². The lowest BCUT2D eigenvalue weighted by Gasteiger charge is -2.14. The monoisotopic (exact) mass is 270 g/mol. The summed E-state index contributed by atoms with van der Waals surface area (Å²) in [5.74, 6) is -1.51. The third kappa shape index (κ3) is 3.65. The second kappa shape index (κ2) is 6.47. The van der Waals surface area contributed by atoms with Crippen molar-refractivity contribution in [3.05, 3.63) is 66.0 Å². The Kier molecular flexibility index (Phi) is 4.44. The molecule has 0 aliphatic heterocycles. The van der Waals surface area contributed by atoms with Crippen molar-refractivity contribution in [1.82, 2.24) is 10.3 Å². The molecular weight excluding hydrogens is 256 g/mol. The van der Waals surface area contributed by atoms with Gasteiger partial charge in [0.05, 0.1) is 5.56 Å². The molecular formula is C15H14N2O3. The first-order valence-corrected chi connectivity index (χ1v) is 6.14. The van der Waals surface area contributed by atoms with Crippen LogP contribution in [0.25, 0.3) is 0 Å².